The fourth-order valence-electron chi connectivity index (χ4n) is 1.49. The maximum atomic E-state index is 10.6. The number of halogens is 1. The molecular formula is C10H8BrNO2. The summed E-state index contributed by atoms with van der Waals surface area (Å²) in [5.41, 5.74) is 1.75. The summed E-state index contributed by atoms with van der Waals surface area (Å²) in [6, 6.07) is 7.64. The number of aromatic amines is 1. The maximum Gasteiger partial charge on any atom is 0.307 e. The third-order valence-corrected chi connectivity index (χ3v) is 2.77. The lowest BCUT2D eigenvalue weighted by molar-refractivity contribution is -0.136. The fourth-order valence-corrected chi connectivity index (χ4v) is 2.06. The Bertz CT molecular complexity index is 490. The zero-order valence-corrected chi connectivity index (χ0v) is 8.84. The number of aromatic nitrogens is 1. The summed E-state index contributed by atoms with van der Waals surface area (Å²) in [5.74, 6) is -0.824. The van der Waals surface area contributed by atoms with Gasteiger partial charge in [0.25, 0.3) is 0 Å². The zero-order chi connectivity index (χ0) is 10.1. The van der Waals surface area contributed by atoms with E-state index in [1.807, 2.05) is 24.3 Å². The molecule has 0 atom stereocenters. The van der Waals surface area contributed by atoms with Gasteiger partial charge >= 0.3 is 5.97 Å². The quantitative estimate of drug-likeness (QED) is 0.865. The average molecular weight is 254 g/mol. The number of carbonyl (C=O) groups is 1. The number of benzene rings is 1. The molecule has 1 aromatic heterocycles. The second-order valence-electron chi connectivity index (χ2n) is 3.03. The van der Waals surface area contributed by atoms with Crippen molar-refractivity contribution in [3.63, 3.8) is 0 Å². The summed E-state index contributed by atoms with van der Waals surface area (Å²) < 4.78 is 0.751. The molecule has 0 amide bonds. The van der Waals surface area contributed by atoms with Crippen molar-refractivity contribution in [2.45, 2.75) is 6.42 Å². The molecule has 1 aromatic carbocycles. The average Bonchev–Trinajstić information content (AvgIpc) is 2.43. The van der Waals surface area contributed by atoms with Crippen molar-refractivity contribution in [3.8, 4) is 0 Å². The van der Waals surface area contributed by atoms with Crippen LogP contribution in [0.15, 0.2) is 28.9 Å². The molecule has 2 N–H and O–H groups in total. The first-order valence-corrected chi connectivity index (χ1v) is 4.94. The topological polar surface area (TPSA) is 53.1 Å². The highest BCUT2D eigenvalue weighted by molar-refractivity contribution is 9.10. The molecule has 0 aliphatic rings. The Morgan fingerprint density at radius 2 is 2.14 bits per heavy atom. The minimum atomic E-state index is -0.824. The van der Waals surface area contributed by atoms with Crippen molar-refractivity contribution in [1.29, 1.82) is 0 Å². The molecule has 2 aromatic rings. The third-order valence-electron chi connectivity index (χ3n) is 2.09. The zero-order valence-electron chi connectivity index (χ0n) is 7.25. The molecule has 0 fully saturated rings. The predicted molar refractivity (Wildman–Crippen MR) is 57.3 cm³/mol. The summed E-state index contributed by atoms with van der Waals surface area (Å²) >= 11 is 3.32. The molecule has 72 valence electrons. The van der Waals surface area contributed by atoms with Gasteiger partial charge in [0, 0.05) is 16.5 Å². The normalized spacial score (nSPS) is 10.6. The lowest BCUT2D eigenvalue weighted by atomic mass is 10.1. The number of carboxylic acids is 1. The van der Waals surface area contributed by atoms with Crippen molar-refractivity contribution in [2.75, 3.05) is 0 Å². The van der Waals surface area contributed by atoms with Crippen LogP contribution in [0, 0.1) is 0 Å². The smallest absolute Gasteiger partial charge is 0.307 e. The molecule has 3 nitrogen and oxygen atoms in total. The van der Waals surface area contributed by atoms with Crippen LogP contribution < -0.4 is 0 Å². The number of aliphatic carboxylic acids is 1. The largest absolute Gasteiger partial charge is 0.481 e. The molecule has 2 rings (SSSR count). The third kappa shape index (κ3) is 1.53. The van der Waals surface area contributed by atoms with Crippen LogP contribution in [0.2, 0.25) is 0 Å². The predicted octanol–water partition coefficient (Wildman–Crippen LogP) is 2.56. The minimum Gasteiger partial charge on any atom is -0.481 e. The van der Waals surface area contributed by atoms with Crippen LogP contribution >= 0.6 is 15.9 Å². The lowest BCUT2D eigenvalue weighted by Gasteiger charge is -1.94. The number of fused-ring (bicyclic) bond motifs is 1. The van der Waals surface area contributed by atoms with Gasteiger partial charge in [-0.25, -0.2) is 0 Å². The van der Waals surface area contributed by atoms with Gasteiger partial charge in [-0.2, -0.15) is 0 Å². The van der Waals surface area contributed by atoms with Crippen LogP contribution in [0.25, 0.3) is 10.9 Å². The van der Waals surface area contributed by atoms with E-state index in [2.05, 4.69) is 20.9 Å². The summed E-state index contributed by atoms with van der Waals surface area (Å²) in [6.45, 7) is 0. The van der Waals surface area contributed by atoms with Crippen LogP contribution in [0.3, 0.4) is 0 Å². The van der Waals surface area contributed by atoms with Crippen molar-refractivity contribution in [1.82, 2.24) is 4.98 Å². The van der Waals surface area contributed by atoms with Crippen molar-refractivity contribution < 1.29 is 9.90 Å². The lowest BCUT2D eigenvalue weighted by Crippen LogP contribution is -1.99. The van der Waals surface area contributed by atoms with E-state index in [-0.39, 0.29) is 6.42 Å². The Morgan fingerprint density at radius 1 is 1.43 bits per heavy atom. The van der Waals surface area contributed by atoms with E-state index in [1.165, 1.54) is 0 Å². The van der Waals surface area contributed by atoms with Gasteiger partial charge in [0.15, 0.2) is 0 Å². The van der Waals surface area contributed by atoms with Gasteiger partial charge in [0.1, 0.15) is 0 Å². The molecule has 0 bridgehead atoms. The summed E-state index contributed by atoms with van der Waals surface area (Å²) in [5, 5.41) is 9.69. The number of hydrogen-bond donors (Lipinski definition) is 2. The molecule has 1 heterocycles. The van der Waals surface area contributed by atoms with E-state index < -0.39 is 5.97 Å². The standard InChI is InChI=1S/C10H8BrNO2/c11-10-7(5-9(13)14)6-3-1-2-4-8(6)12-10/h1-4,12H,5H2,(H,13,14). The highest BCUT2D eigenvalue weighted by Crippen LogP contribution is 2.26. The first kappa shape index (κ1) is 9.27. The molecule has 0 spiro atoms. The molecule has 14 heavy (non-hydrogen) atoms. The van der Waals surface area contributed by atoms with Gasteiger partial charge < -0.3 is 10.1 Å². The van der Waals surface area contributed by atoms with Gasteiger partial charge in [-0.15, -0.1) is 0 Å². The number of hydrogen-bond acceptors (Lipinski definition) is 1. The number of H-pyrrole nitrogens is 1. The van der Waals surface area contributed by atoms with Crippen LogP contribution in [-0.4, -0.2) is 16.1 Å². The van der Waals surface area contributed by atoms with Gasteiger partial charge in [-0.1, -0.05) is 18.2 Å². The van der Waals surface area contributed by atoms with Gasteiger partial charge in [0.05, 0.1) is 11.0 Å². The van der Waals surface area contributed by atoms with E-state index in [0.717, 1.165) is 21.1 Å². The van der Waals surface area contributed by atoms with E-state index in [1.54, 1.807) is 0 Å². The molecule has 0 aliphatic heterocycles. The van der Waals surface area contributed by atoms with Crippen molar-refractivity contribution in [3.05, 3.63) is 34.4 Å². The monoisotopic (exact) mass is 253 g/mol. The first-order chi connectivity index (χ1) is 6.68. The maximum absolute atomic E-state index is 10.6. The first-order valence-electron chi connectivity index (χ1n) is 4.15. The van der Waals surface area contributed by atoms with Crippen molar-refractivity contribution in [2.24, 2.45) is 0 Å². The molecule has 0 aliphatic carbocycles. The van der Waals surface area contributed by atoms with E-state index in [0.29, 0.717) is 0 Å². The van der Waals surface area contributed by atoms with E-state index >= 15 is 0 Å². The van der Waals surface area contributed by atoms with E-state index in [9.17, 15) is 4.79 Å². The second-order valence-corrected chi connectivity index (χ2v) is 3.83. The molecule has 0 unspecified atom stereocenters. The fraction of sp³-hybridized carbons (Fsp3) is 0.100. The van der Waals surface area contributed by atoms with Gasteiger partial charge in [-0.05, 0) is 22.0 Å². The SMILES string of the molecule is O=C(O)Cc1c(Br)[nH]c2ccccc12. The van der Waals surface area contributed by atoms with Crippen LogP contribution in [0.4, 0.5) is 0 Å². The molecule has 0 saturated carbocycles. The highest BCUT2D eigenvalue weighted by Gasteiger charge is 2.11. The minimum absolute atomic E-state index is 0.0323. The Hall–Kier alpha value is -1.29. The van der Waals surface area contributed by atoms with Gasteiger partial charge in [-0.3, -0.25) is 4.79 Å². The van der Waals surface area contributed by atoms with Crippen LogP contribution in [0.5, 0.6) is 0 Å². The Kier molecular flexibility index (Phi) is 2.29. The van der Waals surface area contributed by atoms with Crippen molar-refractivity contribution >= 4 is 32.8 Å². The summed E-state index contributed by atoms with van der Waals surface area (Å²) in [4.78, 5) is 13.7. The molecule has 0 saturated heterocycles. The number of nitrogens with one attached hydrogen (secondary N) is 1. The van der Waals surface area contributed by atoms with Crippen LogP contribution in [-0.2, 0) is 11.2 Å². The molecular weight excluding hydrogens is 246 g/mol. The molecule has 0 radical (unpaired) electrons. The number of carboxylic acid groups (broad SMARTS) is 1. The highest BCUT2D eigenvalue weighted by atomic mass is 79.9. The summed E-state index contributed by atoms with van der Waals surface area (Å²) in [6.07, 6.45) is 0.0323. The number of rotatable bonds is 2. The van der Waals surface area contributed by atoms with Gasteiger partial charge in [0.2, 0.25) is 0 Å². The second kappa shape index (κ2) is 3.46. The summed E-state index contributed by atoms with van der Waals surface area (Å²) in [7, 11) is 0. The Labute approximate surface area is 88.9 Å². The number of para-hydroxylation sites is 1. The Balaban J connectivity index is 2.62. The Morgan fingerprint density at radius 3 is 2.86 bits per heavy atom. The van der Waals surface area contributed by atoms with E-state index in [4.69, 9.17) is 5.11 Å². The molecule has 4 heteroatoms. The van der Waals surface area contributed by atoms with Crippen LogP contribution in [0.1, 0.15) is 5.56 Å².